The van der Waals surface area contributed by atoms with Crippen molar-refractivity contribution < 1.29 is 32.5 Å². The van der Waals surface area contributed by atoms with Gasteiger partial charge in [-0.15, -0.1) is 0 Å². The van der Waals surface area contributed by atoms with Gasteiger partial charge in [-0.3, -0.25) is 18.9 Å². The summed E-state index contributed by atoms with van der Waals surface area (Å²) in [6, 6.07) is -0.798. The van der Waals surface area contributed by atoms with Gasteiger partial charge >= 0.3 is 5.97 Å². The van der Waals surface area contributed by atoms with Crippen LogP contribution in [0.2, 0.25) is 0 Å². The molecular formula is C20H29N3O7S. The zero-order valence-electron chi connectivity index (χ0n) is 17.4. The van der Waals surface area contributed by atoms with E-state index in [1.807, 2.05) is 6.08 Å². The fourth-order valence-electron chi connectivity index (χ4n) is 2.74. The molecule has 1 aliphatic rings. The highest BCUT2D eigenvalue weighted by atomic mass is 32.2. The summed E-state index contributed by atoms with van der Waals surface area (Å²) in [5.74, 6) is -2.30. The third kappa shape index (κ3) is 11.3. The van der Waals surface area contributed by atoms with Gasteiger partial charge in [0.15, 0.2) is 0 Å². The summed E-state index contributed by atoms with van der Waals surface area (Å²) in [6.45, 7) is 0.107. The summed E-state index contributed by atoms with van der Waals surface area (Å²) in [5, 5.41) is 14.3. The molecule has 0 fully saturated rings. The van der Waals surface area contributed by atoms with Crippen molar-refractivity contribution in [3.63, 3.8) is 0 Å². The highest BCUT2D eigenvalue weighted by Crippen LogP contribution is 2.05. The van der Waals surface area contributed by atoms with Crippen LogP contribution in [-0.4, -0.2) is 79.2 Å². The zero-order valence-corrected chi connectivity index (χ0v) is 18.2. The Hall–Kier alpha value is -2.76. The van der Waals surface area contributed by atoms with Gasteiger partial charge in [0.1, 0.15) is 6.04 Å². The van der Waals surface area contributed by atoms with Crippen molar-refractivity contribution in [2.45, 2.75) is 25.3 Å². The van der Waals surface area contributed by atoms with Crippen molar-refractivity contribution in [2.75, 3.05) is 32.4 Å². The maximum absolute atomic E-state index is 12.9. The van der Waals surface area contributed by atoms with Gasteiger partial charge in [-0.2, -0.15) is 8.42 Å². The standard InChI is InChI=1S/C20H29N3O7S/c1-21-17(15-22-19(26)16-9-5-3-2-4-6-10-16)20(27)23(12-7-11-18(24)25)13-8-14-31(28,29)30/h2-6,9-10,17,21H,7-8,11-15H2,1H3,(H,22,26)(H,24,25)(H,28,29,30)/b3-2-,4-2?,5-3?,6-4-,9-5-,10-6?,16-9?,16-10+. The number of carboxylic acid groups (broad SMARTS) is 1. The SMILES string of the molecule is CNC(CNC(=O)C1=C/C=C\C=C/C=C\1)C(=O)N(CCCC(=O)O)CCCS(=O)(=O)O. The second-order valence-electron chi connectivity index (χ2n) is 6.76. The van der Waals surface area contributed by atoms with Gasteiger partial charge in [0.05, 0.1) is 5.75 Å². The molecule has 0 aliphatic heterocycles. The molecule has 0 saturated carbocycles. The first-order valence-corrected chi connectivity index (χ1v) is 11.4. The summed E-state index contributed by atoms with van der Waals surface area (Å²) < 4.78 is 30.8. The first-order valence-electron chi connectivity index (χ1n) is 9.77. The number of hydrogen-bond donors (Lipinski definition) is 4. The van der Waals surface area contributed by atoms with E-state index in [4.69, 9.17) is 9.66 Å². The molecule has 31 heavy (non-hydrogen) atoms. The van der Waals surface area contributed by atoms with E-state index in [-0.39, 0.29) is 44.8 Å². The third-order valence-electron chi connectivity index (χ3n) is 4.33. The number of allylic oxidation sites excluding steroid dienone is 6. The Balaban J connectivity index is 2.75. The first-order chi connectivity index (χ1) is 14.6. The van der Waals surface area contributed by atoms with Crippen LogP contribution in [0.1, 0.15) is 19.3 Å². The quantitative estimate of drug-likeness (QED) is 0.289. The van der Waals surface area contributed by atoms with Gasteiger partial charge in [0.2, 0.25) is 5.91 Å². The molecule has 1 unspecified atom stereocenters. The number of amides is 2. The van der Waals surface area contributed by atoms with Crippen LogP contribution in [-0.2, 0) is 24.5 Å². The Morgan fingerprint density at radius 3 is 2.35 bits per heavy atom. The van der Waals surface area contributed by atoms with E-state index in [1.165, 1.54) is 4.90 Å². The van der Waals surface area contributed by atoms with Gasteiger partial charge in [0.25, 0.3) is 16.0 Å². The van der Waals surface area contributed by atoms with Crippen LogP contribution in [0, 0.1) is 0 Å². The number of carboxylic acids is 1. The topological polar surface area (TPSA) is 153 Å². The van der Waals surface area contributed by atoms with Gasteiger partial charge < -0.3 is 20.6 Å². The summed E-state index contributed by atoms with van der Waals surface area (Å²) in [7, 11) is -2.63. The van der Waals surface area contributed by atoms with E-state index in [0.717, 1.165) is 0 Å². The van der Waals surface area contributed by atoms with Crippen molar-refractivity contribution in [2.24, 2.45) is 0 Å². The molecule has 0 aromatic heterocycles. The number of aliphatic carboxylic acids is 1. The summed E-state index contributed by atoms with van der Waals surface area (Å²) in [4.78, 5) is 37.4. The molecule has 172 valence electrons. The molecule has 0 bridgehead atoms. The number of nitrogens with zero attached hydrogens (tertiary/aromatic N) is 1. The number of likely N-dealkylation sites (N-methyl/N-ethyl adjacent to an activating group) is 1. The molecule has 11 heteroatoms. The molecule has 1 aliphatic carbocycles. The Morgan fingerprint density at radius 1 is 1.06 bits per heavy atom. The lowest BCUT2D eigenvalue weighted by Crippen LogP contribution is -2.51. The second kappa shape index (κ2) is 13.5. The summed E-state index contributed by atoms with van der Waals surface area (Å²) in [5.41, 5.74) is 0.411. The lowest BCUT2D eigenvalue weighted by Gasteiger charge is -2.27. The molecule has 10 nitrogen and oxygen atoms in total. The van der Waals surface area contributed by atoms with E-state index in [9.17, 15) is 22.8 Å². The van der Waals surface area contributed by atoms with Gasteiger partial charge in [-0.1, -0.05) is 30.4 Å². The third-order valence-corrected chi connectivity index (χ3v) is 5.14. The first kappa shape index (κ1) is 26.3. The molecule has 1 rings (SSSR count). The van der Waals surface area contributed by atoms with Crippen LogP contribution < -0.4 is 10.6 Å². The molecule has 0 aromatic rings. The second-order valence-corrected chi connectivity index (χ2v) is 8.34. The van der Waals surface area contributed by atoms with Crippen LogP contribution in [0.5, 0.6) is 0 Å². The minimum absolute atomic E-state index is 0.00201. The number of carbonyl (C=O) groups is 3. The maximum Gasteiger partial charge on any atom is 0.303 e. The Kier molecular flexibility index (Phi) is 11.5. The van der Waals surface area contributed by atoms with E-state index < -0.39 is 33.8 Å². The van der Waals surface area contributed by atoms with Crippen LogP contribution in [0.15, 0.2) is 48.1 Å². The lowest BCUT2D eigenvalue weighted by atomic mass is 10.1. The molecular weight excluding hydrogens is 426 g/mol. The Labute approximate surface area is 182 Å². The smallest absolute Gasteiger partial charge is 0.303 e. The largest absolute Gasteiger partial charge is 0.481 e. The van der Waals surface area contributed by atoms with E-state index in [1.54, 1.807) is 43.5 Å². The predicted octanol–water partition coefficient (Wildman–Crippen LogP) is 0.271. The molecule has 0 radical (unpaired) electrons. The monoisotopic (exact) mass is 455 g/mol. The van der Waals surface area contributed by atoms with E-state index >= 15 is 0 Å². The van der Waals surface area contributed by atoms with Gasteiger partial charge in [-0.25, -0.2) is 0 Å². The lowest BCUT2D eigenvalue weighted by molar-refractivity contribution is -0.138. The van der Waals surface area contributed by atoms with Crippen molar-refractivity contribution in [3.8, 4) is 0 Å². The van der Waals surface area contributed by atoms with Crippen LogP contribution in [0.25, 0.3) is 0 Å². The molecule has 0 spiro atoms. The van der Waals surface area contributed by atoms with Crippen molar-refractivity contribution in [3.05, 3.63) is 48.1 Å². The molecule has 1 atom stereocenters. The minimum atomic E-state index is -4.17. The highest BCUT2D eigenvalue weighted by molar-refractivity contribution is 7.85. The number of nitrogens with one attached hydrogen (secondary N) is 2. The highest BCUT2D eigenvalue weighted by Gasteiger charge is 2.24. The summed E-state index contributed by atoms with van der Waals surface area (Å²) in [6.07, 6.45) is 12.1. The van der Waals surface area contributed by atoms with Gasteiger partial charge in [-0.05, 0) is 32.0 Å². The Bertz CT molecular complexity index is 860. The fourth-order valence-corrected chi connectivity index (χ4v) is 3.23. The Morgan fingerprint density at radius 2 is 1.71 bits per heavy atom. The molecule has 0 heterocycles. The number of rotatable bonds is 13. The van der Waals surface area contributed by atoms with Crippen LogP contribution >= 0.6 is 0 Å². The van der Waals surface area contributed by atoms with Crippen molar-refractivity contribution >= 4 is 27.9 Å². The molecule has 4 N–H and O–H groups in total. The van der Waals surface area contributed by atoms with Crippen molar-refractivity contribution in [1.29, 1.82) is 0 Å². The van der Waals surface area contributed by atoms with Gasteiger partial charge in [0, 0.05) is 31.6 Å². The average Bonchev–Trinajstić information content (AvgIpc) is 2.65. The normalized spacial score (nSPS) is 19.1. The van der Waals surface area contributed by atoms with E-state index in [2.05, 4.69) is 10.6 Å². The maximum atomic E-state index is 12.9. The number of hydrogen-bond acceptors (Lipinski definition) is 6. The zero-order chi connectivity index (χ0) is 23.3. The minimum Gasteiger partial charge on any atom is -0.481 e. The van der Waals surface area contributed by atoms with Crippen molar-refractivity contribution in [1.82, 2.24) is 15.5 Å². The van der Waals surface area contributed by atoms with Crippen LogP contribution in [0.4, 0.5) is 0 Å². The fraction of sp³-hybridized carbons (Fsp3) is 0.450. The molecule has 0 aromatic carbocycles. The predicted molar refractivity (Wildman–Crippen MR) is 116 cm³/mol. The van der Waals surface area contributed by atoms with E-state index in [0.29, 0.717) is 5.57 Å². The van der Waals surface area contributed by atoms with Crippen LogP contribution in [0.3, 0.4) is 0 Å². The summed E-state index contributed by atoms with van der Waals surface area (Å²) >= 11 is 0. The molecule has 2 amide bonds. The molecule has 0 saturated heterocycles. The average molecular weight is 456 g/mol. The number of carbonyl (C=O) groups excluding carboxylic acids is 2.